The van der Waals surface area contributed by atoms with Gasteiger partial charge in [-0.25, -0.2) is 0 Å². The van der Waals surface area contributed by atoms with Crippen LogP contribution in [0.15, 0.2) is 65.7 Å². The summed E-state index contributed by atoms with van der Waals surface area (Å²) in [5.41, 5.74) is 1.93. The number of nitrogens with zero attached hydrogens (tertiary/aromatic N) is 1. The summed E-state index contributed by atoms with van der Waals surface area (Å²) in [7, 11) is 0. The number of ether oxygens (including phenoxy) is 1. The average molecular weight is 269 g/mol. The molecule has 0 radical (unpaired) electrons. The Hall–Kier alpha value is -1.97. The van der Waals surface area contributed by atoms with Gasteiger partial charge in [0.1, 0.15) is 6.04 Å². The normalized spacial score (nSPS) is 14.3. The molecule has 0 aliphatic heterocycles. The molecule has 3 nitrogen and oxygen atoms in total. The fourth-order valence-electron chi connectivity index (χ4n) is 1.94. The molecule has 20 heavy (non-hydrogen) atoms. The number of aliphatic hydroxyl groups excluding tert-OH is 1. The van der Waals surface area contributed by atoms with E-state index in [1.165, 1.54) is 0 Å². The first-order valence-corrected chi connectivity index (χ1v) is 6.74. The van der Waals surface area contributed by atoms with Gasteiger partial charge in [-0.2, -0.15) is 0 Å². The molecule has 0 aliphatic rings. The molecule has 0 aromatic heterocycles. The lowest BCUT2D eigenvalue weighted by atomic mass is 10.1. The van der Waals surface area contributed by atoms with Gasteiger partial charge < -0.3 is 9.84 Å². The van der Waals surface area contributed by atoms with E-state index in [9.17, 15) is 5.11 Å². The van der Waals surface area contributed by atoms with Gasteiger partial charge in [0.15, 0.2) is 6.29 Å². The van der Waals surface area contributed by atoms with Crippen LogP contribution in [-0.4, -0.2) is 24.2 Å². The van der Waals surface area contributed by atoms with E-state index in [4.69, 9.17) is 4.74 Å². The van der Waals surface area contributed by atoms with E-state index in [2.05, 4.69) is 4.99 Å². The minimum absolute atomic E-state index is 0.420. The first-order valence-electron chi connectivity index (χ1n) is 6.74. The predicted octanol–water partition coefficient (Wildman–Crippen LogP) is 3.20. The van der Waals surface area contributed by atoms with Crippen molar-refractivity contribution in [1.82, 2.24) is 0 Å². The van der Waals surface area contributed by atoms with Crippen molar-refractivity contribution in [2.24, 2.45) is 4.99 Å². The van der Waals surface area contributed by atoms with Gasteiger partial charge in [-0.15, -0.1) is 0 Å². The first kappa shape index (κ1) is 14.4. The van der Waals surface area contributed by atoms with Gasteiger partial charge in [0, 0.05) is 12.8 Å². The van der Waals surface area contributed by atoms with Crippen LogP contribution in [0.5, 0.6) is 0 Å². The molecule has 3 heteroatoms. The Labute approximate surface area is 119 Å². The van der Waals surface area contributed by atoms with Crippen LogP contribution >= 0.6 is 0 Å². The molecule has 2 atom stereocenters. The van der Waals surface area contributed by atoms with Gasteiger partial charge in [-0.3, -0.25) is 4.99 Å². The number of aliphatic hydroxyl groups is 1. The van der Waals surface area contributed by atoms with E-state index >= 15 is 0 Å². The van der Waals surface area contributed by atoms with E-state index in [1.54, 1.807) is 6.21 Å². The Kier molecular flexibility index (Phi) is 5.47. The molecule has 0 amide bonds. The van der Waals surface area contributed by atoms with Crippen molar-refractivity contribution in [2.75, 3.05) is 6.61 Å². The van der Waals surface area contributed by atoms with Crippen LogP contribution in [0.25, 0.3) is 0 Å². The predicted molar refractivity (Wildman–Crippen MR) is 80.9 cm³/mol. The summed E-state index contributed by atoms with van der Waals surface area (Å²) in [6, 6.07) is 19.1. The van der Waals surface area contributed by atoms with Crippen LogP contribution < -0.4 is 0 Å². The van der Waals surface area contributed by atoms with Gasteiger partial charge in [-0.1, -0.05) is 60.7 Å². The minimum atomic E-state index is -0.942. The minimum Gasteiger partial charge on any atom is -0.366 e. The summed E-state index contributed by atoms with van der Waals surface area (Å²) < 4.78 is 5.29. The second-order valence-corrected chi connectivity index (χ2v) is 4.39. The zero-order valence-electron chi connectivity index (χ0n) is 11.5. The van der Waals surface area contributed by atoms with E-state index < -0.39 is 12.3 Å². The Morgan fingerprint density at radius 2 is 1.65 bits per heavy atom. The highest BCUT2D eigenvalue weighted by atomic mass is 16.6. The molecule has 2 aromatic carbocycles. The molecule has 1 N–H and O–H groups in total. The van der Waals surface area contributed by atoms with Gasteiger partial charge in [0.25, 0.3) is 0 Å². The van der Waals surface area contributed by atoms with Crippen LogP contribution in [0.3, 0.4) is 0 Å². The zero-order chi connectivity index (χ0) is 14.2. The molecule has 0 heterocycles. The van der Waals surface area contributed by atoms with Crippen LogP contribution in [0.4, 0.5) is 0 Å². The Morgan fingerprint density at radius 1 is 1.05 bits per heavy atom. The maximum atomic E-state index is 10.1. The van der Waals surface area contributed by atoms with E-state index in [0.717, 1.165) is 11.1 Å². The van der Waals surface area contributed by atoms with Crippen LogP contribution in [-0.2, 0) is 4.74 Å². The zero-order valence-corrected chi connectivity index (χ0v) is 11.5. The molecule has 0 saturated heterocycles. The molecule has 0 bridgehead atoms. The fourth-order valence-corrected chi connectivity index (χ4v) is 1.94. The van der Waals surface area contributed by atoms with E-state index in [1.807, 2.05) is 67.6 Å². The molecule has 0 saturated carbocycles. The third kappa shape index (κ3) is 4.02. The number of hydrogen-bond donors (Lipinski definition) is 1. The number of benzene rings is 2. The van der Waals surface area contributed by atoms with Gasteiger partial charge in [-0.05, 0) is 18.1 Å². The SMILES string of the molecule is CCOC(O)C(/N=C\c1ccccc1)c1ccccc1. The van der Waals surface area contributed by atoms with Crippen LogP contribution in [0, 0.1) is 0 Å². The summed E-state index contributed by atoms with van der Waals surface area (Å²) in [6.45, 7) is 2.30. The molecule has 2 unspecified atom stereocenters. The molecular weight excluding hydrogens is 250 g/mol. The highest BCUT2D eigenvalue weighted by Gasteiger charge is 2.19. The second kappa shape index (κ2) is 7.58. The Morgan fingerprint density at radius 3 is 2.25 bits per heavy atom. The first-order chi connectivity index (χ1) is 9.81. The van der Waals surface area contributed by atoms with E-state index in [-0.39, 0.29) is 0 Å². The Bertz CT molecular complexity index is 525. The summed E-state index contributed by atoms with van der Waals surface area (Å²) in [6.07, 6.45) is 0.822. The number of rotatable bonds is 6. The highest BCUT2D eigenvalue weighted by Crippen LogP contribution is 2.22. The lowest BCUT2D eigenvalue weighted by Gasteiger charge is -2.19. The summed E-state index contributed by atoms with van der Waals surface area (Å²) >= 11 is 0. The summed E-state index contributed by atoms with van der Waals surface area (Å²) in [5, 5.41) is 10.1. The molecule has 0 spiro atoms. The maximum absolute atomic E-state index is 10.1. The fraction of sp³-hybridized carbons (Fsp3) is 0.235. The third-order valence-corrected chi connectivity index (χ3v) is 2.93. The van der Waals surface area contributed by atoms with Gasteiger partial charge in [0.05, 0.1) is 0 Å². The molecule has 2 rings (SSSR count). The van der Waals surface area contributed by atoms with Crippen molar-refractivity contribution in [2.45, 2.75) is 19.3 Å². The lowest BCUT2D eigenvalue weighted by molar-refractivity contribution is -0.109. The van der Waals surface area contributed by atoms with E-state index in [0.29, 0.717) is 6.61 Å². The molecular formula is C17H19NO2. The van der Waals surface area contributed by atoms with Gasteiger partial charge >= 0.3 is 0 Å². The maximum Gasteiger partial charge on any atom is 0.181 e. The molecule has 0 fully saturated rings. The molecule has 2 aromatic rings. The topological polar surface area (TPSA) is 41.8 Å². The van der Waals surface area contributed by atoms with Crippen molar-refractivity contribution >= 4 is 6.21 Å². The molecule has 0 aliphatic carbocycles. The Balaban J connectivity index is 2.21. The summed E-state index contributed by atoms with van der Waals surface area (Å²) in [4.78, 5) is 4.48. The standard InChI is InChI=1S/C17H19NO2/c1-2-20-17(19)16(15-11-7-4-8-12-15)18-13-14-9-5-3-6-10-14/h3-13,16-17,19H,2H2,1H3/b18-13-. The van der Waals surface area contributed by atoms with Crippen molar-refractivity contribution in [3.8, 4) is 0 Å². The van der Waals surface area contributed by atoms with Gasteiger partial charge in [0.2, 0.25) is 0 Å². The molecule has 104 valence electrons. The van der Waals surface area contributed by atoms with Crippen LogP contribution in [0.1, 0.15) is 24.1 Å². The second-order valence-electron chi connectivity index (χ2n) is 4.39. The smallest absolute Gasteiger partial charge is 0.181 e. The van der Waals surface area contributed by atoms with Crippen molar-refractivity contribution in [3.05, 3.63) is 71.8 Å². The largest absolute Gasteiger partial charge is 0.366 e. The third-order valence-electron chi connectivity index (χ3n) is 2.93. The lowest BCUT2D eigenvalue weighted by Crippen LogP contribution is -2.20. The summed E-state index contributed by atoms with van der Waals surface area (Å²) in [5.74, 6) is 0. The quantitative estimate of drug-likeness (QED) is 0.646. The number of aliphatic imine (C=N–C) groups is 1. The highest BCUT2D eigenvalue weighted by molar-refractivity contribution is 5.79. The van der Waals surface area contributed by atoms with Crippen molar-refractivity contribution < 1.29 is 9.84 Å². The van der Waals surface area contributed by atoms with Crippen LogP contribution in [0.2, 0.25) is 0 Å². The van der Waals surface area contributed by atoms with Crippen molar-refractivity contribution in [3.63, 3.8) is 0 Å². The monoisotopic (exact) mass is 269 g/mol. The van der Waals surface area contributed by atoms with Crippen molar-refractivity contribution in [1.29, 1.82) is 0 Å². The number of hydrogen-bond acceptors (Lipinski definition) is 3. The average Bonchev–Trinajstić information content (AvgIpc) is 2.50.